The molecular weight excluding hydrogens is 304 g/mol. The van der Waals surface area contributed by atoms with Crippen LogP contribution in [0.4, 0.5) is 0 Å². The van der Waals surface area contributed by atoms with E-state index in [1.165, 1.54) is 6.92 Å². The van der Waals surface area contributed by atoms with Crippen LogP contribution >= 0.6 is 0 Å². The fourth-order valence-corrected chi connectivity index (χ4v) is 2.43. The van der Waals surface area contributed by atoms with E-state index in [1.54, 1.807) is 6.92 Å². The van der Waals surface area contributed by atoms with Crippen molar-refractivity contribution in [3.8, 4) is 6.07 Å². The van der Waals surface area contributed by atoms with Crippen LogP contribution < -0.4 is 5.32 Å². The van der Waals surface area contributed by atoms with E-state index in [-0.39, 0.29) is 5.92 Å². The highest BCUT2D eigenvalue weighted by Crippen LogP contribution is 2.19. The van der Waals surface area contributed by atoms with Gasteiger partial charge in [0.05, 0.1) is 11.6 Å². The number of carbonyl (C=O) groups excluding carboxylic acids is 2. The summed E-state index contributed by atoms with van der Waals surface area (Å²) in [5, 5.41) is 11.9. The average Bonchev–Trinajstić information content (AvgIpc) is 2.45. The molecule has 5 nitrogen and oxygen atoms in total. The van der Waals surface area contributed by atoms with E-state index in [4.69, 9.17) is 4.74 Å². The summed E-state index contributed by atoms with van der Waals surface area (Å²) in [6.07, 6.45) is -0.982. The van der Waals surface area contributed by atoms with Crippen LogP contribution in [-0.2, 0) is 9.53 Å². The van der Waals surface area contributed by atoms with Gasteiger partial charge in [0.15, 0.2) is 6.10 Å². The number of ether oxygens (including phenoxy) is 1. The Bertz CT molecular complexity index is 665. The third-order valence-corrected chi connectivity index (χ3v) is 4.30. The van der Waals surface area contributed by atoms with Gasteiger partial charge in [-0.3, -0.25) is 4.79 Å². The van der Waals surface area contributed by atoms with Crippen molar-refractivity contribution < 1.29 is 14.3 Å². The van der Waals surface area contributed by atoms with Gasteiger partial charge in [-0.15, -0.1) is 0 Å². The minimum atomic E-state index is -1.01. The van der Waals surface area contributed by atoms with Crippen LogP contribution in [-0.4, -0.2) is 23.5 Å². The van der Waals surface area contributed by atoms with Gasteiger partial charge in [0.1, 0.15) is 5.54 Å². The lowest BCUT2D eigenvalue weighted by molar-refractivity contribution is -0.130. The lowest BCUT2D eigenvalue weighted by Gasteiger charge is -2.28. The first-order chi connectivity index (χ1) is 11.0. The third kappa shape index (κ3) is 4.35. The lowest BCUT2D eigenvalue weighted by atomic mass is 9.90. The molecule has 0 bridgehead atoms. The monoisotopic (exact) mass is 330 g/mol. The Hall–Kier alpha value is -2.35. The van der Waals surface area contributed by atoms with E-state index in [1.807, 2.05) is 46.8 Å². The number of nitriles is 1. The van der Waals surface area contributed by atoms with E-state index in [2.05, 4.69) is 11.4 Å². The molecule has 1 rings (SSSR count). The lowest BCUT2D eigenvalue weighted by Crippen LogP contribution is -2.52. The molecular formula is C19H26N2O3. The predicted molar refractivity (Wildman–Crippen MR) is 92.5 cm³/mol. The maximum atomic E-state index is 12.4. The van der Waals surface area contributed by atoms with Crippen molar-refractivity contribution in [2.75, 3.05) is 0 Å². The zero-order chi connectivity index (χ0) is 18.7. The van der Waals surface area contributed by atoms with Crippen molar-refractivity contribution in [3.05, 3.63) is 34.4 Å². The summed E-state index contributed by atoms with van der Waals surface area (Å²) in [6, 6.07) is 5.91. The van der Waals surface area contributed by atoms with Crippen molar-refractivity contribution in [1.82, 2.24) is 5.32 Å². The van der Waals surface area contributed by atoms with Gasteiger partial charge in [-0.05, 0) is 51.7 Å². The molecule has 0 aromatic heterocycles. The first-order valence-electron chi connectivity index (χ1n) is 8.04. The summed E-state index contributed by atoms with van der Waals surface area (Å²) in [5.41, 5.74) is 2.16. The van der Waals surface area contributed by atoms with Gasteiger partial charge in [-0.25, -0.2) is 4.79 Å². The largest absolute Gasteiger partial charge is 0.449 e. The van der Waals surface area contributed by atoms with Crippen LogP contribution in [0.3, 0.4) is 0 Å². The molecule has 1 aromatic carbocycles. The van der Waals surface area contributed by atoms with Crippen LogP contribution in [0.25, 0.3) is 0 Å². The second-order valence-corrected chi connectivity index (χ2v) is 6.78. The van der Waals surface area contributed by atoms with Gasteiger partial charge < -0.3 is 10.1 Å². The number of nitrogens with one attached hydrogen (secondary N) is 1. The van der Waals surface area contributed by atoms with Gasteiger partial charge in [-0.2, -0.15) is 5.26 Å². The minimum absolute atomic E-state index is 0.0732. The molecule has 0 fully saturated rings. The van der Waals surface area contributed by atoms with Crippen LogP contribution in [0.1, 0.15) is 54.7 Å². The number of hydrogen-bond donors (Lipinski definition) is 1. The van der Waals surface area contributed by atoms with Crippen LogP contribution in [0.15, 0.2) is 12.1 Å². The van der Waals surface area contributed by atoms with Crippen molar-refractivity contribution in [1.29, 1.82) is 5.26 Å². The van der Waals surface area contributed by atoms with E-state index < -0.39 is 23.5 Å². The normalized spacial score (nSPS) is 14.5. The van der Waals surface area contributed by atoms with Crippen LogP contribution in [0, 0.1) is 38.0 Å². The molecule has 1 N–H and O–H groups in total. The maximum absolute atomic E-state index is 12.4. The maximum Gasteiger partial charge on any atom is 0.339 e. The Labute approximate surface area is 144 Å². The van der Waals surface area contributed by atoms with E-state index in [9.17, 15) is 14.9 Å². The molecule has 130 valence electrons. The smallest absolute Gasteiger partial charge is 0.339 e. The highest BCUT2D eigenvalue weighted by molar-refractivity contribution is 5.95. The van der Waals surface area contributed by atoms with Crippen molar-refractivity contribution in [2.24, 2.45) is 5.92 Å². The summed E-state index contributed by atoms with van der Waals surface area (Å²) in [4.78, 5) is 24.7. The molecule has 24 heavy (non-hydrogen) atoms. The number of esters is 1. The highest BCUT2D eigenvalue weighted by Gasteiger charge is 2.32. The first kappa shape index (κ1) is 19.7. The standard InChI is InChI=1S/C19H26N2O3/c1-11(2)19(7,10-20)21-17(22)15(6)24-18(23)16-13(4)8-12(3)9-14(16)5/h8-9,11,15H,1-7H3,(H,21,22). The average molecular weight is 330 g/mol. The quantitative estimate of drug-likeness (QED) is 0.841. The van der Waals surface area contributed by atoms with Crippen molar-refractivity contribution >= 4 is 11.9 Å². The Kier molecular flexibility index (Phi) is 6.14. The molecule has 2 unspecified atom stereocenters. The molecule has 0 saturated heterocycles. The molecule has 1 amide bonds. The number of benzene rings is 1. The van der Waals surface area contributed by atoms with Gasteiger partial charge in [0.2, 0.25) is 0 Å². The summed E-state index contributed by atoms with van der Waals surface area (Å²) >= 11 is 0. The van der Waals surface area contributed by atoms with Gasteiger partial charge >= 0.3 is 5.97 Å². The fourth-order valence-electron chi connectivity index (χ4n) is 2.43. The van der Waals surface area contributed by atoms with Gasteiger partial charge in [0, 0.05) is 0 Å². The SMILES string of the molecule is Cc1cc(C)c(C(=O)OC(C)C(=O)NC(C)(C#N)C(C)C)c(C)c1. The molecule has 2 atom stereocenters. The molecule has 0 heterocycles. The molecule has 1 aromatic rings. The Balaban J connectivity index is 2.89. The Morgan fingerprint density at radius 3 is 2.08 bits per heavy atom. The molecule has 0 spiro atoms. The molecule has 0 radical (unpaired) electrons. The number of nitrogens with zero attached hydrogens (tertiary/aromatic N) is 1. The van der Waals surface area contributed by atoms with Crippen LogP contribution in [0.5, 0.6) is 0 Å². The second kappa shape index (κ2) is 7.48. The van der Waals surface area contributed by atoms with Crippen molar-refractivity contribution in [3.63, 3.8) is 0 Å². The van der Waals surface area contributed by atoms with E-state index in [0.717, 1.165) is 16.7 Å². The number of amides is 1. The van der Waals surface area contributed by atoms with E-state index in [0.29, 0.717) is 5.56 Å². The number of carbonyl (C=O) groups is 2. The molecule has 0 aliphatic heterocycles. The zero-order valence-corrected chi connectivity index (χ0v) is 15.5. The summed E-state index contributed by atoms with van der Waals surface area (Å²) in [7, 11) is 0. The fraction of sp³-hybridized carbons (Fsp3) is 0.526. The highest BCUT2D eigenvalue weighted by atomic mass is 16.5. The number of rotatable bonds is 5. The van der Waals surface area contributed by atoms with Gasteiger partial charge in [-0.1, -0.05) is 31.5 Å². The predicted octanol–water partition coefficient (Wildman–Crippen LogP) is 3.21. The minimum Gasteiger partial charge on any atom is -0.449 e. The van der Waals surface area contributed by atoms with Gasteiger partial charge in [0.25, 0.3) is 5.91 Å². The van der Waals surface area contributed by atoms with E-state index >= 15 is 0 Å². The van der Waals surface area contributed by atoms with Crippen LogP contribution in [0.2, 0.25) is 0 Å². The Morgan fingerprint density at radius 2 is 1.67 bits per heavy atom. The van der Waals surface area contributed by atoms with Crippen molar-refractivity contribution in [2.45, 2.75) is 60.1 Å². The summed E-state index contributed by atoms with van der Waals surface area (Å²) in [6.45, 7) is 12.5. The first-order valence-corrected chi connectivity index (χ1v) is 8.04. The number of aryl methyl sites for hydroxylation is 3. The third-order valence-electron chi connectivity index (χ3n) is 4.30. The number of hydrogen-bond acceptors (Lipinski definition) is 4. The second-order valence-electron chi connectivity index (χ2n) is 6.78. The zero-order valence-electron chi connectivity index (χ0n) is 15.5. The summed E-state index contributed by atoms with van der Waals surface area (Å²) < 4.78 is 5.31. The molecule has 5 heteroatoms. The topological polar surface area (TPSA) is 79.2 Å². The molecule has 0 saturated carbocycles. The Morgan fingerprint density at radius 1 is 1.17 bits per heavy atom. The molecule has 0 aliphatic carbocycles. The molecule has 0 aliphatic rings. The summed E-state index contributed by atoms with van der Waals surface area (Å²) in [5.74, 6) is -1.09.